The number of hydrogen-bond acceptors (Lipinski definition) is 6. The van der Waals surface area contributed by atoms with Crippen molar-refractivity contribution in [2.75, 3.05) is 26.6 Å². The molecule has 1 aromatic heterocycles. The summed E-state index contributed by atoms with van der Waals surface area (Å²) in [5, 5.41) is 7.74. The van der Waals surface area contributed by atoms with Gasteiger partial charge in [0.1, 0.15) is 11.6 Å². The Bertz CT molecular complexity index is 1270. The number of fused-ring (bicyclic) bond motifs is 1. The lowest BCUT2D eigenvalue weighted by molar-refractivity contribution is 0.356. The highest BCUT2D eigenvalue weighted by Crippen LogP contribution is 2.35. The second kappa shape index (κ2) is 9.88. The van der Waals surface area contributed by atoms with Gasteiger partial charge in [-0.05, 0) is 55.3 Å². The first kappa shape index (κ1) is 22.6. The van der Waals surface area contributed by atoms with Crippen molar-refractivity contribution in [2.24, 2.45) is 0 Å². The molecule has 0 bridgehead atoms. The van der Waals surface area contributed by atoms with Gasteiger partial charge in [-0.25, -0.2) is 9.97 Å². The SMILES string of the molecule is CNCc1ccccc1-c1cccc([C@@H](C)Nc2nc(C)nc3cc(OC)c(OC)cc23)c1. The minimum Gasteiger partial charge on any atom is -0.493 e. The van der Waals surface area contributed by atoms with Gasteiger partial charge >= 0.3 is 0 Å². The zero-order valence-electron chi connectivity index (χ0n) is 19.8. The van der Waals surface area contributed by atoms with Crippen LogP contribution in [0, 0.1) is 6.92 Å². The summed E-state index contributed by atoms with van der Waals surface area (Å²) in [5.41, 5.74) is 5.70. The molecule has 0 saturated carbocycles. The molecule has 1 heterocycles. The quantitative estimate of drug-likeness (QED) is 0.375. The van der Waals surface area contributed by atoms with Gasteiger partial charge in [-0.3, -0.25) is 0 Å². The van der Waals surface area contributed by atoms with Crippen molar-refractivity contribution in [3.8, 4) is 22.6 Å². The minimum atomic E-state index is 0.0343. The molecule has 170 valence electrons. The summed E-state index contributed by atoms with van der Waals surface area (Å²) in [5.74, 6) is 2.76. The lowest BCUT2D eigenvalue weighted by atomic mass is 9.96. The van der Waals surface area contributed by atoms with Gasteiger partial charge in [-0.15, -0.1) is 0 Å². The van der Waals surface area contributed by atoms with E-state index in [0.29, 0.717) is 17.3 Å². The molecule has 6 heteroatoms. The second-order valence-electron chi connectivity index (χ2n) is 8.02. The van der Waals surface area contributed by atoms with Crippen LogP contribution in [0.1, 0.15) is 29.9 Å². The van der Waals surface area contributed by atoms with Crippen molar-refractivity contribution < 1.29 is 9.47 Å². The summed E-state index contributed by atoms with van der Waals surface area (Å²) in [6, 6.07) is 21.0. The number of nitrogens with zero attached hydrogens (tertiary/aromatic N) is 2. The average molecular weight is 443 g/mol. The van der Waals surface area contributed by atoms with E-state index in [-0.39, 0.29) is 6.04 Å². The van der Waals surface area contributed by atoms with Crippen molar-refractivity contribution in [1.82, 2.24) is 15.3 Å². The molecule has 4 aromatic rings. The van der Waals surface area contributed by atoms with Gasteiger partial charge < -0.3 is 20.1 Å². The van der Waals surface area contributed by atoms with E-state index in [0.717, 1.165) is 23.3 Å². The lowest BCUT2D eigenvalue weighted by Crippen LogP contribution is -2.10. The van der Waals surface area contributed by atoms with E-state index in [9.17, 15) is 0 Å². The Balaban J connectivity index is 1.69. The number of benzene rings is 3. The fourth-order valence-corrected chi connectivity index (χ4v) is 4.09. The van der Waals surface area contributed by atoms with Crippen LogP contribution in [0.2, 0.25) is 0 Å². The number of nitrogens with one attached hydrogen (secondary N) is 2. The van der Waals surface area contributed by atoms with E-state index in [4.69, 9.17) is 9.47 Å². The van der Waals surface area contributed by atoms with Crippen molar-refractivity contribution in [3.05, 3.63) is 77.6 Å². The first-order valence-electron chi connectivity index (χ1n) is 11.0. The Morgan fingerprint density at radius 1 is 0.909 bits per heavy atom. The number of aryl methyl sites for hydroxylation is 1. The molecule has 0 aliphatic rings. The highest BCUT2D eigenvalue weighted by Gasteiger charge is 2.15. The van der Waals surface area contributed by atoms with Gasteiger partial charge in [-0.1, -0.05) is 42.5 Å². The normalized spacial score (nSPS) is 11.9. The van der Waals surface area contributed by atoms with E-state index in [1.165, 1.54) is 22.3 Å². The summed E-state index contributed by atoms with van der Waals surface area (Å²) in [6.45, 7) is 4.86. The highest BCUT2D eigenvalue weighted by molar-refractivity contribution is 5.92. The van der Waals surface area contributed by atoms with Crippen LogP contribution in [0.15, 0.2) is 60.7 Å². The third-order valence-corrected chi connectivity index (χ3v) is 5.75. The predicted octanol–water partition coefficient (Wildman–Crippen LogP) is 5.51. The minimum absolute atomic E-state index is 0.0343. The van der Waals surface area contributed by atoms with Crippen molar-refractivity contribution in [2.45, 2.75) is 26.4 Å². The van der Waals surface area contributed by atoms with Crippen LogP contribution in [0.5, 0.6) is 11.5 Å². The van der Waals surface area contributed by atoms with Crippen LogP contribution >= 0.6 is 0 Å². The molecule has 2 N–H and O–H groups in total. The summed E-state index contributed by atoms with van der Waals surface area (Å²) >= 11 is 0. The summed E-state index contributed by atoms with van der Waals surface area (Å²) < 4.78 is 10.9. The van der Waals surface area contributed by atoms with Crippen molar-refractivity contribution in [3.63, 3.8) is 0 Å². The zero-order chi connectivity index (χ0) is 23.4. The summed E-state index contributed by atoms with van der Waals surface area (Å²) in [4.78, 5) is 9.28. The first-order chi connectivity index (χ1) is 16.0. The zero-order valence-corrected chi connectivity index (χ0v) is 19.8. The summed E-state index contributed by atoms with van der Waals surface area (Å²) in [6.07, 6.45) is 0. The maximum Gasteiger partial charge on any atom is 0.162 e. The molecular weight excluding hydrogens is 412 g/mol. The molecule has 33 heavy (non-hydrogen) atoms. The molecule has 0 aliphatic heterocycles. The van der Waals surface area contributed by atoms with E-state index >= 15 is 0 Å². The fourth-order valence-electron chi connectivity index (χ4n) is 4.09. The molecular formula is C27H30N4O2. The van der Waals surface area contributed by atoms with Gasteiger partial charge in [0.15, 0.2) is 11.5 Å². The van der Waals surface area contributed by atoms with Crippen LogP contribution in [0.25, 0.3) is 22.0 Å². The van der Waals surface area contributed by atoms with Gasteiger partial charge in [0.05, 0.1) is 19.7 Å². The molecule has 0 unspecified atom stereocenters. The lowest BCUT2D eigenvalue weighted by Gasteiger charge is -2.19. The maximum absolute atomic E-state index is 5.50. The van der Waals surface area contributed by atoms with Crippen LogP contribution in [-0.4, -0.2) is 31.2 Å². The smallest absolute Gasteiger partial charge is 0.162 e. The molecule has 0 saturated heterocycles. The van der Waals surface area contributed by atoms with Crippen LogP contribution < -0.4 is 20.1 Å². The molecule has 0 spiro atoms. The Morgan fingerprint density at radius 2 is 1.67 bits per heavy atom. The number of aromatic nitrogens is 2. The van der Waals surface area contributed by atoms with E-state index in [1.807, 2.05) is 26.1 Å². The predicted molar refractivity (Wildman–Crippen MR) is 134 cm³/mol. The van der Waals surface area contributed by atoms with Crippen LogP contribution in [-0.2, 0) is 6.54 Å². The molecule has 0 fully saturated rings. The molecule has 3 aromatic carbocycles. The number of anilines is 1. The Morgan fingerprint density at radius 3 is 2.42 bits per heavy atom. The van der Waals surface area contributed by atoms with Crippen LogP contribution in [0.4, 0.5) is 5.82 Å². The highest BCUT2D eigenvalue weighted by atomic mass is 16.5. The number of ether oxygens (including phenoxy) is 2. The number of hydrogen-bond donors (Lipinski definition) is 2. The van der Waals surface area contributed by atoms with E-state index in [2.05, 4.69) is 76.1 Å². The third kappa shape index (κ3) is 4.76. The topological polar surface area (TPSA) is 68.3 Å². The standard InChI is InChI=1S/C27H30N4O2/c1-17(19-10-8-11-20(13-19)22-12-7-6-9-21(22)16-28-3)29-27-23-14-25(32-4)26(33-5)15-24(23)30-18(2)31-27/h6-15,17,28H,16H2,1-5H3,(H,29,30,31)/t17-/m1/s1. The molecule has 0 radical (unpaired) electrons. The largest absolute Gasteiger partial charge is 0.493 e. The number of methoxy groups -OCH3 is 2. The van der Waals surface area contributed by atoms with E-state index < -0.39 is 0 Å². The molecule has 6 nitrogen and oxygen atoms in total. The molecule has 4 rings (SSSR count). The summed E-state index contributed by atoms with van der Waals surface area (Å²) in [7, 11) is 5.23. The first-order valence-corrected chi connectivity index (χ1v) is 11.0. The van der Waals surface area contributed by atoms with Gasteiger partial charge in [-0.2, -0.15) is 0 Å². The Labute approximate surface area is 195 Å². The van der Waals surface area contributed by atoms with E-state index in [1.54, 1.807) is 14.2 Å². The van der Waals surface area contributed by atoms with Gasteiger partial charge in [0.2, 0.25) is 0 Å². The second-order valence-corrected chi connectivity index (χ2v) is 8.02. The average Bonchev–Trinajstić information content (AvgIpc) is 2.83. The fraction of sp³-hybridized carbons (Fsp3) is 0.259. The van der Waals surface area contributed by atoms with Crippen LogP contribution in [0.3, 0.4) is 0 Å². The Hall–Kier alpha value is -3.64. The molecule has 1 atom stereocenters. The van der Waals surface area contributed by atoms with Gasteiger partial charge in [0.25, 0.3) is 0 Å². The van der Waals surface area contributed by atoms with Gasteiger partial charge in [0, 0.05) is 24.0 Å². The molecule has 0 aliphatic carbocycles. The third-order valence-electron chi connectivity index (χ3n) is 5.75. The Kier molecular flexibility index (Phi) is 6.75. The molecule has 0 amide bonds. The maximum atomic E-state index is 5.50. The monoisotopic (exact) mass is 442 g/mol. The van der Waals surface area contributed by atoms with Crippen molar-refractivity contribution >= 4 is 16.7 Å². The van der Waals surface area contributed by atoms with Crippen molar-refractivity contribution in [1.29, 1.82) is 0 Å². The number of rotatable bonds is 8.